The number of phenolic OH excluding ortho intramolecular Hbond substituents is 2. The SMILES string of the molecule is CCOC(=O)/C(=N\O)C(c1ccc(O)cc1)c1ccc(O)cc1. The second kappa shape index (κ2) is 7.31. The molecule has 0 aliphatic rings. The number of hydrogen-bond acceptors (Lipinski definition) is 6. The van der Waals surface area contributed by atoms with Gasteiger partial charge < -0.3 is 20.2 Å². The van der Waals surface area contributed by atoms with Gasteiger partial charge in [0, 0.05) is 0 Å². The highest BCUT2D eigenvalue weighted by Crippen LogP contribution is 2.29. The van der Waals surface area contributed by atoms with Gasteiger partial charge in [-0.05, 0) is 42.3 Å². The van der Waals surface area contributed by atoms with Gasteiger partial charge in [-0.2, -0.15) is 0 Å². The Morgan fingerprint density at radius 3 is 1.78 bits per heavy atom. The van der Waals surface area contributed by atoms with Gasteiger partial charge in [-0.1, -0.05) is 29.4 Å². The number of nitrogens with zero attached hydrogens (tertiary/aromatic N) is 1. The van der Waals surface area contributed by atoms with Gasteiger partial charge in [-0.25, -0.2) is 4.79 Å². The monoisotopic (exact) mass is 315 g/mol. The highest BCUT2D eigenvalue weighted by atomic mass is 16.5. The number of ether oxygens (including phenoxy) is 1. The molecular formula is C17H17NO5. The van der Waals surface area contributed by atoms with Crippen LogP contribution in [0.2, 0.25) is 0 Å². The molecular weight excluding hydrogens is 298 g/mol. The molecule has 0 spiro atoms. The van der Waals surface area contributed by atoms with Crippen LogP contribution in [0.1, 0.15) is 24.0 Å². The summed E-state index contributed by atoms with van der Waals surface area (Å²) in [5.74, 6) is -1.27. The van der Waals surface area contributed by atoms with Crippen molar-refractivity contribution >= 4 is 11.7 Å². The molecule has 0 saturated carbocycles. The molecule has 0 bridgehead atoms. The first-order valence-electron chi connectivity index (χ1n) is 7.03. The van der Waals surface area contributed by atoms with E-state index in [1.165, 1.54) is 24.3 Å². The minimum Gasteiger partial charge on any atom is -0.508 e. The molecule has 2 rings (SSSR count). The third-order valence-corrected chi connectivity index (χ3v) is 3.32. The summed E-state index contributed by atoms with van der Waals surface area (Å²) >= 11 is 0. The van der Waals surface area contributed by atoms with Crippen LogP contribution >= 0.6 is 0 Å². The van der Waals surface area contributed by atoms with Crippen molar-refractivity contribution in [1.29, 1.82) is 0 Å². The first-order chi connectivity index (χ1) is 11.1. The van der Waals surface area contributed by atoms with E-state index >= 15 is 0 Å². The summed E-state index contributed by atoms with van der Waals surface area (Å²) < 4.78 is 4.94. The van der Waals surface area contributed by atoms with Crippen molar-refractivity contribution in [3.05, 3.63) is 59.7 Å². The molecule has 120 valence electrons. The second-order valence-corrected chi connectivity index (χ2v) is 4.82. The van der Waals surface area contributed by atoms with Crippen molar-refractivity contribution in [3.8, 4) is 11.5 Å². The number of carbonyl (C=O) groups excluding carboxylic acids is 1. The fraction of sp³-hybridized carbons (Fsp3) is 0.176. The lowest BCUT2D eigenvalue weighted by molar-refractivity contribution is -0.135. The maximum absolute atomic E-state index is 12.1. The van der Waals surface area contributed by atoms with E-state index < -0.39 is 11.9 Å². The average molecular weight is 315 g/mol. The summed E-state index contributed by atoms with van der Waals surface area (Å²) in [6, 6.07) is 12.4. The van der Waals surface area contributed by atoms with E-state index in [1.807, 2.05) is 0 Å². The molecule has 0 unspecified atom stereocenters. The third kappa shape index (κ3) is 3.79. The lowest BCUT2D eigenvalue weighted by Gasteiger charge is -2.18. The predicted octanol–water partition coefficient (Wildman–Crippen LogP) is 2.62. The first kappa shape index (κ1) is 16.4. The molecule has 2 aromatic carbocycles. The standard InChI is InChI=1S/C17H17NO5/c1-2-23-17(21)16(18-22)15(11-3-7-13(19)8-4-11)12-5-9-14(20)10-6-12/h3-10,15,19-20,22H,2H2,1H3/b18-16-. The number of aromatic hydroxyl groups is 2. The summed E-state index contributed by atoms with van der Waals surface area (Å²) in [6.07, 6.45) is 0. The Labute approximate surface area is 133 Å². The largest absolute Gasteiger partial charge is 0.508 e. The number of phenols is 2. The van der Waals surface area contributed by atoms with Crippen molar-refractivity contribution in [1.82, 2.24) is 0 Å². The molecule has 2 aromatic rings. The van der Waals surface area contributed by atoms with E-state index in [0.717, 1.165) is 0 Å². The zero-order chi connectivity index (χ0) is 16.8. The van der Waals surface area contributed by atoms with Crippen LogP contribution in [0.3, 0.4) is 0 Å². The zero-order valence-electron chi connectivity index (χ0n) is 12.5. The van der Waals surface area contributed by atoms with Gasteiger partial charge in [0.1, 0.15) is 11.5 Å². The summed E-state index contributed by atoms with van der Waals surface area (Å²) in [4.78, 5) is 12.1. The van der Waals surface area contributed by atoms with Crippen LogP contribution in [0.5, 0.6) is 11.5 Å². The number of hydrogen-bond donors (Lipinski definition) is 3. The van der Waals surface area contributed by atoms with Crippen LogP contribution < -0.4 is 0 Å². The smallest absolute Gasteiger partial charge is 0.357 e. The van der Waals surface area contributed by atoms with Gasteiger partial charge >= 0.3 is 5.97 Å². The molecule has 0 fully saturated rings. The molecule has 6 nitrogen and oxygen atoms in total. The van der Waals surface area contributed by atoms with E-state index in [9.17, 15) is 20.2 Å². The van der Waals surface area contributed by atoms with Crippen LogP contribution in [0, 0.1) is 0 Å². The Balaban J connectivity index is 2.52. The Morgan fingerprint density at radius 2 is 1.43 bits per heavy atom. The molecule has 0 radical (unpaired) electrons. The van der Waals surface area contributed by atoms with Gasteiger partial charge in [-0.3, -0.25) is 0 Å². The Bertz CT molecular complexity index is 646. The Morgan fingerprint density at radius 1 is 1.00 bits per heavy atom. The van der Waals surface area contributed by atoms with Gasteiger partial charge in [0.05, 0.1) is 12.5 Å². The molecule has 0 heterocycles. The van der Waals surface area contributed by atoms with Crippen molar-refractivity contribution in [2.75, 3.05) is 6.61 Å². The normalized spacial score (nSPS) is 11.5. The molecule has 0 saturated heterocycles. The number of benzene rings is 2. The molecule has 0 aromatic heterocycles. The van der Waals surface area contributed by atoms with Crippen molar-refractivity contribution < 1.29 is 25.0 Å². The quantitative estimate of drug-likeness (QED) is 0.341. The minimum absolute atomic E-state index is 0.0804. The minimum atomic E-state index is -0.735. The molecule has 0 amide bonds. The van der Waals surface area contributed by atoms with Crippen LogP contribution in [-0.4, -0.2) is 33.7 Å². The first-order valence-corrected chi connectivity index (χ1v) is 7.03. The summed E-state index contributed by atoms with van der Waals surface area (Å²) in [7, 11) is 0. The summed E-state index contributed by atoms with van der Waals surface area (Å²) in [5, 5.41) is 31.3. The van der Waals surface area contributed by atoms with Crippen LogP contribution in [0.15, 0.2) is 53.7 Å². The molecule has 6 heteroatoms. The maximum Gasteiger partial charge on any atom is 0.357 e. The number of carbonyl (C=O) groups is 1. The Kier molecular flexibility index (Phi) is 5.19. The van der Waals surface area contributed by atoms with Gasteiger partial charge in [0.2, 0.25) is 0 Å². The number of oxime groups is 1. The number of esters is 1. The molecule has 23 heavy (non-hydrogen) atoms. The van der Waals surface area contributed by atoms with Crippen molar-refractivity contribution in [3.63, 3.8) is 0 Å². The van der Waals surface area contributed by atoms with E-state index in [1.54, 1.807) is 31.2 Å². The van der Waals surface area contributed by atoms with Gasteiger partial charge in [0.25, 0.3) is 0 Å². The molecule has 3 N–H and O–H groups in total. The van der Waals surface area contributed by atoms with E-state index in [-0.39, 0.29) is 23.8 Å². The average Bonchev–Trinajstić information content (AvgIpc) is 2.55. The molecule has 0 atom stereocenters. The fourth-order valence-corrected chi connectivity index (χ4v) is 2.26. The van der Waals surface area contributed by atoms with E-state index in [0.29, 0.717) is 11.1 Å². The van der Waals surface area contributed by atoms with Gasteiger partial charge in [-0.15, -0.1) is 0 Å². The summed E-state index contributed by atoms with van der Waals surface area (Å²) in [5.41, 5.74) is 1.09. The lowest BCUT2D eigenvalue weighted by atomic mass is 9.87. The topological polar surface area (TPSA) is 99.4 Å². The lowest BCUT2D eigenvalue weighted by Crippen LogP contribution is -2.25. The van der Waals surface area contributed by atoms with Crippen LogP contribution in [-0.2, 0) is 9.53 Å². The number of rotatable bonds is 5. The van der Waals surface area contributed by atoms with E-state index in [2.05, 4.69) is 5.16 Å². The molecule has 0 aliphatic heterocycles. The van der Waals surface area contributed by atoms with Gasteiger partial charge in [0.15, 0.2) is 5.71 Å². The fourth-order valence-electron chi connectivity index (χ4n) is 2.26. The molecule has 0 aliphatic carbocycles. The van der Waals surface area contributed by atoms with Crippen LogP contribution in [0.4, 0.5) is 0 Å². The predicted molar refractivity (Wildman–Crippen MR) is 83.9 cm³/mol. The van der Waals surface area contributed by atoms with Crippen molar-refractivity contribution in [2.24, 2.45) is 5.16 Å². The van der Waals surface area contributed by atoms with Crippen molar-refractivity contribution in [2.45, 2.75) is 12.8 Å². The Hall–Kier alpha value is -3.02. The second-order valence-electron chi connectivity index (χ2n) is 4.82. The zero-order valence-corrected chi connectivity index (χ0v) is 12.5. The highest BCUT2D eigenvalue weighted by molar-refractivity contribution is 6.39. The van der Waals surface area contributed by atoms with Crippen LogP contribution in [0.25, 0.3) is 0 Å². The highest BCUT2D eigenvalue weighted by Gasteiger charge is 2.28. The summed E-state index contributed by atoms with van der Waals surface area (Å²) in [6.45, 7) is 1.80. The third-order valence-electron chi connectivity index (χ3n) is 3.32. The maximum atomic E-state index is 12.1. The van der Waals surface area contributed by atoms with E-state index in [4.69, 9.17) is 4.74 Å².